The van der Waals surface area contributed by atoms with E-state index in [0.29, 0.717) is 10.1 Å². The van der Waals surface area contributed by atoms with Crippen LogP contribution in [0.15, 0.2) is 127 Å². The predicted molar refractivity (Wildman–Crippen MR) is 169 cm³/mol. The number of benzene rings is 5. The summed E-state index contributed by atoms with van der Waals surface area (Å²) in [6, 6.07) is 43.6. The van der Waals surface area contributed by atoms with Crippen LogP contribution < -0.4 is 0 Å². The van der Waals surface area contributed by atoms with Crippen LogP contribution in [0.2, 0.25) is 0 Å². The van der Waals surface area contributed by atoms with Gasteiger partial charge < -0.3 is 4.57 Å². The number of para-hydroxylation sites is 1. The lowest BCUT2D eigenvalue weighted by atomic mass is 10.1. The minimum atomic E-state index is 0.361. The number of thioether (sulfide) groups is 1. The Morgan fingerprint density at radius 2 is 1.31 bits per heavy atom. The molecule has 0 radical (unpaired) electrons. The van der Waals surface area contributed by atoms with Crippen LogP contribution >= 0.6 is 23.1 Å². The summed E-state index contributed by atoms with van der Waals surface area (Å²) in [4.78, 5) is 1.27. The monoisotopic (exact) mass is 537 g/mol. The molecule has 0 spiro atoms. The van der Waals surface area contributed by atoms with Gasteiger partial charge in [-0.2, -0.15) is 0 Å². The molecule has 0 bridgehead atoms. The summed E-state index contributed by atoms with van der Waals surface area (Å²) in [5, 5.41) is 21.7. The molecule has 5 aromatic carbocycles. The van der Waals surface area contributed by atoms with E-state index in [1.54, 1.807) is 0 Å². The van der Waals surface area contributed by atoms with Crippen LogP contribution in [-0.4, -0.2) is 14.7 Å². The first-order valence-corrected chi connectivity index (χ1v) is 14.3. The average molecular weight is 538 g/mol. The quantitative estimate of drug-likeness (QED) is 0.170. The molecule has 0 aliphatic carbocycles. The van der Waals surface area contributed by atoms with Crippen LogP contribution in [0.4, 0.5) is 0 Å². The Labute approximate surface area is 234 Å². The number of rotatable bonds is 4. The lowest BCUT2D eigenvalue weighted by Crippen LogP contribution is -2.02. The lowest BCUT2D eigenvalue weighted by Gasteiger charge is -2.11. The van der Waals surface area contributed by atoms with Crippen molar-refractivity contribution in [1.29, 1.82) is 10.8 Å². The van der Waals surface area contributed by atoms with Gasteiger partial charge in [-0.15, -0.1) is 11.3 Å². The zero-order valence-electron chi connectivity index (χ0n) is 20.9. The first-order valence-electron chi connectivity index (χ1n) is 12.7. The summed E-state index contributed by atoms with van der Waals surface area (Å²) >= 11 is 3.02. The number of nitrogens with zero attached hydrogens (tertiary/aromatic N) is 1. The number of fused-ring (bicyclic) bond motifs is 5. The van der Waals surface area contributed by atoms with Crippen molar-refractivity contribution >= 4 is 65.1 Å². The number of aromatic nitrogens is 1. The molecule has 186 valence electrons. The fraction of sp³-hybridized carbons (Fsp3) is 0. The van der Waals surface area contributed by atoms with Crippen molar-refractivity contribution in [2.45, 2.75) is 0 Å². The summed E-state index contributed by atoms with van der Waals surface area (Å²) in [7, 11) is 0. The van der Waals surface area contributed by atoms with Crippen molar-refractivity contribution in [3.8, 4) is 16.1 Å². The SMILES string of the molecule is N=C(SC(=N)c1cccc(-n2c3ccccc3c3c4sc(-c5ccccc5)cc4ccc32)c1)c1ccccc1. The van der Waals surface area contributed by atoms with Crippen molar-refractivity contribution in [3.05, 3.63) is 139 Å². The number of hydrogen-bond acceptors (Lipinski definition) is 4. The molecule has 0 atom stereocenters. The molecule has 7 aromatic rings. The van der Waals surface area contributed by atoms with E-state index in [1.807, 2.05) is 53.8 Å². The minimum Gasteiger partial charge on any atom is -0.309 e. The van der Waals surface area contributed by atoms with Gasteiger partial charge in [0.25, 0.3) is 0 Å². The maximum atomic E-state index is 8.76. The van der Waals surface area contributed by atoms with Gasteiger partial charge in [0, 0.05) is 37.2 Å². The van der Waals surface area contributed by atoms with E-state index in [9.17, 15) is 0 Å². The number of hydrogen-bond donors (Lipinski definition) is 2. The lowest BCUT2D eigenvalue weighted by molar-refractivity contribution is 1.18. The third-order valence-corrected chi connectivity index (χ3v) is 9.08. The van der Waals surface area contributed by atoms with Crippen molar-refractivity contribution in [2.24, 2.45) is 0 Å². The predicted octanol–water partition coefficient (Wildman–Crippen LogP) is 9.75. The molecular weight excluding hydrogens is 515 g/mol. The highest BCUT2D eigenvalue weighted by Gasteiger charge is 2.17. The van der Waals surface area contributed by atoms with Crippen LogP contribution in [-0.2, 0) is 0 Å². The van der Waals surface area contributed by atoms with E-state index in [4.69, 9.17) is 10.8 Å². The second kappa shape index (κ2) is 9.70. The molecule has 0 saturated heterocycles. The summed E-state index contributed by atoms with van der Waals surface area (Å²) in [5.41, 5.74) is 6.16. The Bertz CT molecular complexity index is 2020. The molecule has 3 nitrogen and oxygen atoms in total. The first kappa shape index (κ1) is 23.7. The molecule has 0 unspecified atom stereocenters. The van der Waals surface area contributed by atoms with Gasteiger partial charge in [0.05, 0.1) is 11.0 Å². The Balaban J connectivity index is 1.35. The van der Waals surface area contributed by atoms with E-state index in [0.717, 1.165) is 27.8 Å². The van der Waals surface area contributed by atoms with Crippen molar-refractivity contribution in [1.82, 2.24) is 4.57 Å². The van der Waals surface area contributed by atoms with Crippen molar-refractivity contribution in [2.75, 3.05) is 0 Å². The van der Waals surface area contributed by atoms with Gasteiger partial charge in [-0.05, 0) is 41.3 Å². The van der Waals surface area contributed by atoms with Gasteiger partial charge >= 0.3 is 0 Å². The van der Waals surface area contributed by atoms with E-state index in [1.165, 1.54) is 43.1 Å². The minimum absolute atomic E-state index is 0.361. The molecule has 0 amide bonds. The van der Waals surface area contributed by atoms with Crippen LogP contribution in [0.5, 0.6) is 0 Å². The molecule has 0 aliphatic rings. The Hall–Kier alpha value is -4.45. The zero-order chi connectivity index (χ0) is 26.3. The van der Waals surface area contributed by atoms with E-state index < -0.39 is 0 Å². The summed E-state index contributed by atoms with van der Waals surface area (Å²) in [6.07, 6.45) is 0. The van der Waals surface area contributed by atoms with Crippen LogP contribution in [0.1, 0.15) is 11.1 Å². The van der Waals surface area contributed by atoms with Crippen molar-refractivity contribution < 1.29 is 0 Å². The second-order valence-corrected chi connectivity index (χ2v) is 11.5. The number of nitrogens with one attached hydrogen (secondary N) is 2. The number of thiophene rings is 1. The molecule has 0 fully saturated rings. The average Bonchev–Trinajstić information content (AvgIpc) is 3.57. The second-order valence-electron chi connectivity index (χ2n) is 9.38. The summed E-state index contributed by atoms with van der Waals surface area (Å²) < 4.78 is 3.59. The topological polar surface area (TPSA) is 52.6 Å². The third kappa shape index (κ3) is 4.16. The fourth-order valence-corrected chi connectivity index (χ4v) is 7.09. The highest BCUT2D eigenvalue weighted by molar-refractivity contribution is 8.27. The van der Waals surface area contributed by atoms with Gasteiger partial charge in [0.15, 0.2) is 0 Å². The van der Waals surface area contributed by atoms with Crippen LogP contribution in [0.25, 0.3) is 48.0 Å². The highest BCUT2D eigenvalue weighted by Crippen LogP contribution is 2.42. The summed E-state index contributed by atoms with van der Waals surface area (Å²) in [5.74, 6) is 0. The molecule has 39 heavy (non-hydrogen) atoms. The first-order chi connectivity index (χ1) is 19.2. The third-order valence-electron chi connectivity index (χ3n) is 6.98. The van der Waals surface area contributed by atoms with E-state index in [-0.39, 0.29) is 0 Å². The largest absolute Gasteiger partial charge is 0.309 e. The van der Waals surface area contributed by atoms with E-state index >= 15 is 0 Å². The van der Waals surface area contributed by atoms with Crippen molar-refractivity contribution in [3.63, 3.8) is 0 Å². The molecular formula is C34H23N3S2. The van der Waals surface area contributed by atoms with Gasteiger partial charge in [-0.25, -0.2) is 0 Å². The fourth-order valence-electron chi connectivity index (χ4n) is 5.17. The Morgan fingerprint density at radius 1 is 0.615 bits per heavy atom. The maximum Gasteiger partial charge on any atom is 0.101 e. The molecule has 2 N–H and O–H groups in total. The zero-order valence-corrected chi connectivity index (χ0v) is 22.5. The Morgan fingerprint density at radius 3 is 2.13 bits per heavy atom. The molecule has 5 heteroatoms. The van der Waals surface area contributed by atoms with Gasteiger partial charge in [0.2, 0.25) is 0 Å². The molecule has 7 rings (SSSR count). The molecule has 0 saturated carbocycles. The summed E-state index contributed by atoms with van der Waals surface area (Å²) in [6.45, 7) is 0. The molecule has 2 heterocycles. The normalized spacial score (nSPS) is 11.4. The molecule has 2 aromatic heterocycles. The van der Waals surface area contributed by atoms with Gasteiger partial charge in [-0.1, -0.05) is 109 Å². The Kier molecular flexibility index (Phi) is 5.88. The van der Waals surface area contributed by atoms with Crippen LogP contribution in [0.3, 0.4) is 0 Å². The smallest absolute Gasteiger partial charge is 0.101 e. The highest BCUT2D eigenvalue weighted by atomic mass is 32.2. The molecule has 0 aliphatic heterocycles. The van der Waals surface area contributed by atoms with Gasteiger partial charge in [0.1, 0.15) is 10.1 Å². The van der Waals surface area contributed by atoms with Gasteiger partial charge in [-0.3, -0.25) is 10.8 Å². The standard InChI is InChI=1S/C34H23N3S2/c35-33(23-12-5-2-6-13-23)39-34(36)25-14-9-15-26(20-25)37-28-17-8-7-16-27(28)31-29(37)19-18-24-21-30(38-32(24)31)22-10-3-1-4-11-22/h1-21,35-36H. The van der Waals surface area contributed by atoms with E-state index in [2.05, 4.69) is 89.5 Å². The van der Waals surface area contributed by atoms with Crippen LogP contribution in [0, 0.1) is 10.8 Å². The maximum absolute atomic E-state index is 8.76.